The van der Waals surface area contributed by atoms with Crippen LogP contribution in [-0.4, -0.2) is 77.2 Å². The Morgan fingerprint density at radius 2 is 1.80 bits per heavy atom. The number of hydrogen-bond acceptors (Lipinski definition) is 7. The first-order chi connectivity index (χ1) is 21.7. The van der Waals surface area contributed by atoms with Crippen molar-refractivity contribution in [3.63, 3.8) is 0 Å². The topological polar surface area (TPSA) is 125 Å². The van der Waals surface area contributed by atoms with Crippen molar-refractivity contribution in [3.05, 3.63) is 87.9 Å². The van der Waals surface area contributed by atoms with Crippen LogP contribution in [0.2, 0.25) is 5.02 Å². The molecule has 4 heterocycles. The van der Waals surface area contributed by atoms with Crippen LogP contribution in [0.25, 0.3) is 0 Å². The van der Waals surface area contributed by atoms with Gasteiger partial charge in [-0.1, -0.05) is 82.1 Å². The molecule has 0 aliphatic carbocycles. The minimum atomic E-state index is -1.49. The van der Waals surface area contributed by atoms with Gasteiger partial charge in [0.05, 0.1) is 41.2 Å². The van der Waals surface area contributed by atoms with Crippen molar-refractivity contribution in [3.8, 4) is 0 Å². The van der Waals surface area contributed by atoms with E-state index in [-0.39, 0.29) is 19.6 Å². The number of nitrogens with zero attached hydrogens (tertiary/aromatic N) is 2. The number of aliphatic hydroxyl groups is 1. The highest BCUT2D eigenvalue weighted by Crippen LogP contribution is 2.59. The average molecular weight is 699 g/mol. The van der Waals surface area contributed by atoms with E-state index in [0.29, 0.717) is 21.6 Å². The van der Waals surface area contributed by atoms with E-state index in [9.17, 15) is 24.3 Å². The normalized spacial score (nSPS) is 31.7. The second kappa shape index (κ2) is 12.7. The summed E-state index contributed by atoms with van der Waals surface area (Å²) >= 11 is 10.1. The van der Waals surface area contributed by atoms with Gasteiger partial charge in [-0.25, -0.2) is 0 Å². The van der Waals surface area contributed by atoms with Gasteiger partial charge in [-0.3, -0.25) is 19.2 Å². The van der Waals surface area contributed by atoms with Crippen LogP contribution in [0.3, 0.4) is 0 Å². The summed E-state index contributed by atoms with van der Waals surface area (Å²) in [5, 5.41) is 13.6. The summed E-state index contributed by atoms with van der Waals surface area (Å²) in [7, 11) is 0. The van der Waals surface area contributed by atoms with Crippen molar-refractivity contribution in [1.29, 1.82) is 0 Å². The number of anilines is 1. The van der Waals surface area contributed by atoms with Gasteiger partial charge >= 0.3 is 5.97 Å². The predicted molar refractivity (Wildman–Crippen MR) is 169 cm³/mol. The van der Waals surface area contributed by atoms with E-state index in [1.807, 2.05) is 30.3 Å². The van der Waals surface area contributed by atoms with Gasteiger partial charge in [-0.05, 0) is 37.1 Å². The molecule has 0 radical (unpaired) electrons. The molecule has 0 aromatic heterocycles. The molecular formula is C33H33BrClN3O7. The molecule has 2 N–H and O–H groups in total. The zero-order valence-electron chi connectivity index (χ0n) is 24.5. The average Bonchev–Trinajstić information content (AvgIpc) is 3.64. The summed E-state index contributed by atoms with van der Waals surface area (Å²) in [6, 6.07) is 13.3. The highest BCUT2D eigenvalue weighted by atomic mass is 79.9. The van der Waals surface area contributed by atoms with Gasteiger partial charge < -0.3 is 29.7 Å². The number of rotatable bonds is 4. The lowest BCUT2D eigenvalue weighted by molar-refractivity contribution is -0.146. The molecule has 0 unspecified atom stereocenters. The van der Waals surface area contributed by atoms with Crippen LogP contribution in [0.4, 0.5) is 5.69 Å². The number of halogens is 2. The maximum absolute atomic E-state index is 14.8. The Bertz CT molecular complexity index is 1570. The van der Waals surface area contributed by atoms with Gasteiger partial charge in [0.1, 0.15) is 24.4 Å². The molecule has 10 nitrogen and oxygen atoms in total. The van der Waals surface area contributed by atoms with E-state index in [1.165, 1.54) is 9.80 Å². The molecule has 12 heteroatoms. The smallest absolute Gasteiger partial charge is 0.306 e. The summed E-state index contributed by atoms with van der Waals surface area (Å²) in [6.07, 6.45) is 4.90. The number of fused-ring (bicyclic) bond motifs is 2. The van der Waals surface area contributed by atoms with E-state index >= 15 is 0 Å². The number of nitrogens with one attached hydrogen (secondary N) is 1. The number of ether oxygens (including phenoxy) is 2. The summed E-state index contributed by atoms with van der Waals surface area (Å²) in [6.45, 7) is 1.23. The van der Waals surface area contributed by atoms with Gasteiger partial charge in [-0.15, -0.1) is 0 Å². The monoisotopic (exact) mass is 697 g/mol. The largest absolute Gasteiger partial charge is 0.463 e. The Hall–Kier alpha value is -3.51. The van der Waals surface area contributed by atoms with Gasteiger partial charge in [0.15, 0.2) is 0 Å². The van der Waals surface area contributed by atoms with Crippen molar-refractivity contribution >= 4 is 56.9 Å². The second-order valence-electron chi connectivity index (χ2n) is 11.7. The fourth-order valence-corrected chi connectivity index (χ4v) is 7.82. The number of likely N-dealkylation sites (tertiary alicyclic amines) is 1. The molecule has 2 aromatic rings. The van der Waals surface area contributed by atoms with E-state index in [1.54, 1.807) is 49.4 Å². The molecule has 6 rings (SSSR count). The van der Waals surface area contributed by atoms with E-state index < -0.39 is 72.0 Å². The van der Waals surface area contributed by atoms with Gasteiger partial charge in [0.2, 0.25) is 11.8 Å². The first-order valence-corrected chi connectivity index (χ1v) is 16.1. The lowest BCUT2D eigenvalue weighted by Crippen LogP contribution is -2.58. The third kappa shape index (κ3) is 5.49. The first-order valence-electron chi connectivity index (χ1n) is 14.9. The quantitative estimate of drug-likeness (QED) is 0.369. The number of carbonyl (C=O) groups excluding carboxylic acids is 4. The van der Waals surface area contributed by atoms with Crippen molar-refractivity contribution in [2.75, 3.05) is 24.7 Å². The van der Waals surface area contributed by atoms with Crippen LogP contribution in [0.5, 0.6) is 0 Å². The molecule has 4 aliphatic heterocycles. The number of esters is 1. The van der Waals surface area contributed by atoms with Gasteiger partial charge in [-0.2, -0.15) is 0 Å². The van der Waals surface area contributed by atoms with E-state index in [2.05, 4.69) is 21.2 Å². The summed E-state index contributed by atoms with van der Waals surface area (Å²) < 4.78 is 12.7. The molecular weight excluding hydrogens is 666 g/mol. The maximum atomic E-state index is 14.8. The Balaban J connectivity index is 1.47. The lowest BCUT2D eigenvalue weighted by Gasteiger charge is -2.38. The highest BCUT2D eigenvalue weighted by Gasteiger charge is 2.75. The van der Waals surface area contributed by atoms with Crippen LogP contribution in [0, 0.1) is 11.8 Å². The van der Waals surface area contributed by atoms with E-state index in [0.717, 1.165) is 5.56 Å². The minimum Gasteiger partial charge on any atom is -0.463 e. The van der Waals surface area contributed by atoms with Crippen molar-refractivity contribution in [1.82, 2.24) is 10.2 Å². The van der Waals surface area contributed by atoms with Crippen LogP contribution in [0.15, 0.2) is 77.3 Å². The summed E-state index contributed by atoms with van der Waals surface area (Å²) in [5.74, 6) is -3.91. The van der Waals surface area contributed by atoms with Crippen molar-refractivity contribution in [2.45, 2.75) is 49.6 Å². The van der Waals surface area contributed by atoms with Gasteiger partial charge in [0.25, 0.3) is 5.91 Å². The molecule has 0 saturated carbocycles. The third-order valence-electron chi connectivity index (χ3n) is 8.95. The van der Waals surface area contributed by atoms with Crippen LogP contribution in [0.1, 0.15) is 31.4 Å². The fraction of sp³-hybridized carbons (Fsp3) is 0.394. The van der Waals surface area contributed by atoms with Crippen molar-refractivity contribution in [2.24, 2.45) is 11.8 Å². The lowest BCUT2D eigenvalue weighted by atomic mass is 9.74. The van der Waals surface area contributed by atoms with Crippen molar-refractivity contribution < 1.29 is 33.8 Å². The van der Waals surface area contributed by atoms with Crippen LogP contribution in [-0.2, 0) is 28.7 Å². The highest BCUT2D eigenvalue weighted by molar-refractivity contribution is 9.11. The Labute approximate surface area is 274 Å². The maximum Gasteiger partial charge on any atom is 0.306 e. The number of aliphatic hydroxyl groups excluding tert-OH is 1. The zero-order valence-corrected chi connectivity index (χ0v) is 26.8. The molecule has 2 fully saturated rings. The zero-order chi connectivity index (χ0) is 31.9. The van der Waals surface area contributed by atoms with E-state index in [4.69, 9.17) is 21.1 Å². The number of para-hydroxylation sites is 1. The number of hydrogen-bond donors (Lipinski definition) is 2. The molecule has 45 heavy (non-hydrogen) atoms. The number of amides is 3. The third-order valence-corrected chi connectivity index (χ3v) is 9.95. The number of carbonyl (C=O) groups is 4. The molecule has 1 spiro atoms. The molecule has 5 bridgehead atoms. The number of allylic oxidation sites excluding steroid dienone is 1. The predicted octanol–water partition coefficient (Wildman–Crippen LogP) is 3.68. The molecule has 2 aromatic carbocycles. The number of benzene rings is 2. The fourth-order valence-electron chi connectivity index (χ4n) is 6.84. The molecule has 3 amide bonds. The van der Waals surface area contributed by atoms with Crippen LogP contribution < -0.4 is 10.2 Å². The number of cyclic esters (lactones) is 1. The van der Waals surface area contributed by atoms with Crippen LogP contribution >= 0.6 is 27.5 Å². The molecule has 7 atom stereocenters. The SMILES string of the molecule is C[C@H](CO)N1C(=O)[C@@H]2[C@H]3C(=O)N[C@@H](c4ccccc4)COC(=O)CC/C=C\CN(c4ccccc4Cl)C(=O)[C@@H]1[C@]21C=C(Br)[C@H]3O1. The minimum absolute atomic E-state index is 0.0820. The standard InChI is InChI=1S/C33H33BrClN3O7/c1-19(17-39)38-29-32(43)37(24-13-8-7-12-22(24)35)15-9-3-6-14-25(40)44-18-23(20-10-4-2-5-11-20)36-30(41)26-27(31(38)42)33(29)16-21(34)28(26)45-33/h2-5,7-13,16,19,23,26-29,39H,6,14-15,17-18H2,1H3,(H,36,41)/b9-3-/t19-,23-,26-,27+,28-,29-,33+/m1/s1. The first kappa shape index (κ1) is 31.5. The summed E-state index contributed by atoms with van der Waals surface area (Å²) in [5.41, 5.74) is -0.346. The molecule has 2 saturated heterocycles. The molecule has 4 aliphatic rings. The van der Waals surface area contributed by atoms with Gasteiger partial charge in [0, 0.05) is 17.4 Å². The Morgan fingerprint density at radius 1 is 1.07 bits per heavy atom. The summed E-state index contributed by atoms with van der Waals surface area (Å²) in [4.78, 5) is 58.8. The Morgan fingerprint density at radius 3 is 2.53 bits per heavy atom. The molecule has 236 valence electrons. The second-order valence-corrected chi connectivity index (χ2v) is 13.0. The Kier molecular flexibility index (Phi) is 8.89.